The summed E-state index contributed by atoms with van der Waals surface area (Å²) in [7, 11) is 0. The van der Waals surface area contributed by atoms with E-state index in [0.29, 0.717) is 19.5 Å². The van der Waals surface area contributed by atoms with Crippen LogP contribution in [0, 0.1) is 11.8 Å². The number of nitrogens with zero attached hydrogens (tertiary/aromatic N) is 3. The Morgan fingerprint density at radius 1 is 1.02 bits per heavy atom. The van der Waals surface area contributed by atoms with Crippen LogP contribution < -0.4 is 9.80 Å². The van der Waals surface area contributed by atoms with Crippen molar-refractivity contribution < 1.29 is 29.3 Å². The number of carbonyl (C=O) groups excluding carboxylic acids is 3. The number of aliphatic hydroxyl groups excluding tert-OH is 1. The molecule has 236 valence electrons. The zero-order chi connectivity index (χ0) is 31.9. The van der Waals surface area contributed by atoms with Crippen LogP contribution in [-0.4, -0.2) is 64.2 Å². The lowest BCUT2D eigenvalue weighted by molar-refractivity contribution is -0.150. The summed E-state index contributed by atoms with van der Waals surface area (Å²) in [5, 5.41) is 21.2. The maximum absolute atomic E-state index is 14.6. The van der Waals surface area contributed by atoms with Gasteiger partial charge in [-0.25, -0.2) is 0 Å². The Balaban J connectivity index is 1.31. The summed E-state index contributed by atoms with van der Waals surface area (Å²) in [6.07, 6.45) is -0.257. The van der Waals surface area contributed by atoms with Gasteiger partial charge in [0, 0.05) is 49.1 Å². The Labute approximate surface area is 264 Å². The molecule has 9 heteroatoms. The first-order chi connectivity index (χ1) is 21.5. The number of β-lactam (4-membered cyclic amide) rings is 1. The Bertz CT molecular complexity index is 1590. The van der Waals surface area contributed by atoms with E-state index in [1.807, 2.05) is 85.8 Å². The fraction of sp³-hybridized carbons (Fsp3) is 0.417. The first-order valence-corrected chi connectivity index (χ1v) is 15.7. The SMILES string of the molecule is C[C@@H]1[C@@H](C(C)(C)O)[C@H](CC(=O)N(CCO)Cc2ccccc2)O[C@@]12C(=O)N(Cc1cccc(N3CCC3=O)c1)c1ccccc12. The molecule has 2 saturated heterocycles. The smallest absolute Gasteiger partial charge is 0.264 e. The summed E-state index contributed by atoms with van der Waals surface area (Å²) in [5.41, 5.74) is 1.43. The van der Waals surface area contributed by atoms with Crippen molar-refractivity contribution in [2.45, 2.75) is 64.0 Å². The molecule has 2 fully saturated rings. The van der Waals surface area contributed by atoms with E-state index >= 15 is 0 Å². The van der Waals surface area contributed by atoms with Crippen molar-refractivity contribution in [3.05, 3.63) is 95.6 Å². The van der Waals surface area contributed by atoms with Gasteiger partial charge in [0.15, 0.2) is 5.60 Å². The molecule has 0 saturated carbocycles. The summed E-state index contributed by atoms with van der Waals surface area (Å²) in [6, 6.07) is 24.8. The van der Waals surface area contributed by atoms with Crippen LogP contribution in [0.5, 0.6) is 0 Å². The van der Waals surface area contributed by atoms with Crippen LogP contribution in [0.25, 0.3) is 0 Å². The predicted octanol–water partition coefficient (Wildman–Crippen LogP) is 4.00. The summed E-state index contributed by atoms with van der Waals surface area (Å²) >= 11 is 0. The van der Waals surface area contributed by atoms with E-state index in [-0.39, 0.29) is 43.8 Å². The lowest BCUT2D eigenvalue weighted by Gasteiger charge is -2.34. The van der Waals surface area contributed by atoms with E-state index in [4.69, 9.17) is 4.74 Å². The molecule has 3 heterocycles. The molecule has 0 unspecified atom stereocenters. The van der Waals surface area contributed by atoms with Crippen LogP contribution in [0.3, 0.4) is 0 Å². The van der Waals surface area contributed by atoms with Crippen LogP contribution in [0.4, 0.5) is 11.4 Å². The quantitative estimate of drug-likeness (QED) is 0.336. The third-order valence-corrected chi connectivity index (χ3v) is 9.62. The van der Waals surface area contributed by atoms with Crippen molar-refractivity contribution >= 4 is 29.1 Å². The molecule has 1 spiro atoms. The number of fused-ring (bicyclic) bond motifs is 2. The average molecular weight is 612 g/mol. The first kappa shape index (κ1) is 31.0. The highest BCUT2D eigenvalue weighted by Gasteiger charge is 2.66. The number of rotatable bonds is 10. The minimum atomic E-state index is -1.39. The predicted molar refractivity (Wildman–Crippen MR) is 170 cm³/mol. The minimum absolute atomic E-state index is 0.0467. The van der Waals surface area contributed by atoms with Crippen molar-refractivity contribution in [1.29, 1.82) is 0 Å². The van der Waals surface area contributed by atoms with Crippen LogP contribution in [0.15, 0.2) is 78.9 Å². The molecule has 3 aliphatic heterocycles. The van der Waals surface area contributed by atoms with Crippen LogP contribution in [0.2, 0.25) is 0 Å². The summed E-state index contributed by atoms with van der Waals surface area (Å²) in [4.78, 5) is 45.6. The number of ether oxygens (including phenoxy) is 1. The molecule has 0 radical (unpaired) electrons. The topological polar surface area (TPSA) is 111 Å². The van der Waals surface area contributed by atoms with Gasteiger partial charge in [0.1, 0.15) is 0 Å². The van der Waals surface area contributed by atoms with Crippen LogP contribution in [0.1, 0.15) is 50.3 Å². The molecule has 3 aromatic carbocycles. The summed E-state index contributed by atoms with van der Waals surface area (Å²) in [5.74, 6) is -1.36. The molecule has 0 aliphatic carbocycles. The number of anilines is 2. The standard InChI is InChI=1S/C36H41N3O6/c1-24-33(35(2,3)44)30(21-32(42)37(18-19-40)22-25-10-5-4-6-11-25)45-36(24)28-14-7-8-15-29(28)39(34(36)43)23-26-12-9-13-27(20-26)38-17-16-31(38)41/h4-15,20,24,30,33,40,44H,16-19,21-23H2,1-3H3/t24-,30+,33-,36+/m1/s1. The van der Waals surface area contributed by atoms with Crippen LogP contribution >= 0.6 is 0 Å². The fourth-order valence-corrected chi connectivity index (χ4v) is 7.50. The third kappa shape index (κ3) is 5.54. The van der Waals surface area contributed by atoms with Gasteiger partial charge in [-0.05, 0) is 43.2 Å². The second kappa shape index (κ2) is 12.0. The molecule has 3 aromatic rings. The fourth-order valence-electron chi connectivity index (χ4n) is 7.50. The first-order valence-electron chi connectivity index (χ1n) is 15.7. The maximum Gasteiger partial charge on any atom is 0.264 e. The van der Waals surface area contributed by atoms with E-state index in [1.165, 1.54) is 0 Å². The molecule has 0 aromatic heterocycles. The summed E-state index contributed by atoms with van der Waals surface area (Å²) in [6.45, 7) is 6.60. The molecule has 9 nitrogen and oxygen atoms in total. The second-order valence-corrected chi connectivity index (χ2v) is 13.0. The zero-order valence-electron chi connectivity index (χ0n) is 26.1. The highest BCUT2D eigenvalue weighted by atomic mass is 16.5. The van der Waals surface area contributed by atoms with Crippen molar-refractivity contribution in [3.63, 3.8) is 0 Å². The molecular formula is C36H41N3O6. The largest absolute Gasteiger partial charge is 0.395 e. The molecule has 0 bridgehead atoms. The minimum Gasteiger partial charge on any atom is -0.395 e. The van der Waals surface area contributed by atoms with Gasteiger partial charge in [-0.1, -0.05) is 67.6 Å². The second-order valence-electron chi connectivity index (χ2n) is 13.0. The normalized spacial score (nSPS) is 24.2. The van der Waals surface area contributed by atoms with Crippen LogP contribution in [-0.2, 0) is 37.8 Å². The van der Waals surface area contributed by atoms with Crippen molar-refractivity contribution in [2.75, 3.05) is 29.5 Å². The molecular weight excluding hydrogens is 570 g/mol. The Morgan fingerprint density at radius 3 is 2.40 bits per heavy atom. The van der Waals surface area contributed by atoms with Gasteiger partial charge in [0.2, 0.25) is 11.8 Å². The molecule has 6 rings (SSSR count). The lowest BCUT2D eigenvalue weighted by Crippen LogP contribution is -2.46. The van der Waals surface area contributed by atoms with E-state index in [2.05, 4.69) is 0 Å². The highest BCUT2D eigenvalue weighted by Crippen LogP contribution is 2.58. The van der Waals surface area contributed by atoms with Gasteiger partial charge in [-0.2, -0.15) is 0 Å². The maximum atomic E-state index is 14.6. The van der Waals surface area contributed by atoms with E-state index in [9.17, 15) is 24.6 Å². The number of amides is 3. The van der Waals surface area contributed by atoms with Gasteiger partial charge in [-0.15, -0.1) is 0 Å². The number of hydrogen-bond donors (Lipinski definition) is 2. The number of carbonyl (C=O) groups is 3. The summed E-state index contributed by atoms with van der Waals surface area (Å²) < 4.78 is 6.81. The monoisotopic (exact) mass is 611 g/mol. The highest BCUT2D eigenvalue weighted by molar-refractivity contribution is 6.07. The number of aliphatic hydroxyl groups is 2. The Hall–Kier alpha value is -4.05. The number of para-hydroxylation sites is 1. The molecule has 45 heavy (non-hydrogen) atoms. The van der Waals surface area contributed by atoms with Gasteiger partial charge in [-0.3, -0.25) is 14.4 Å². The number of hydrogen-bond acceptors (Lipinski definition) is 6. The molecule has 3 aliphatic rings. The van der Waals surface area contributed by atoms with Gasteiger partial charge in [0.05, 0.1) is 37.0 Å². The average Bonchev–Trinajstić information content (AvgIpc) is 3.43. The van der Waals surface area contributed by atoms with Crippen molar-refractivity contribution in [3.8, 4) is 0 Å². The van der Waals surface area contributed by atoms with E-state index < -0.39 is 29.1 Å². The molecule has 3 amide bonds. The van der Waals surface area contributed by atoms with E-state index in [0.717, 1.165) is 28.1 Å². The van der Waals surface area contributed by atoms with Gasteiger partial charge in [0.25, 0.3) is 5.91 Å². The molecule has 2 N–H and O–H groups in total. The lowest BCUT2D eigenvalue weighted by atomic mass is 9.71. The molecule has 4 atom stereocenters. The third-order valence-electron chi connectivity index (χ3n) is 9.62. The van der Waals surface area contributed by atoms with E-state index in [1.54, 1.807) is 28.5 Å². The van der Waals surface area contributed by atoms with Gasteiger partial charge >= 0.3 is 0 Å². The van der Waals surface area contributed by atoms with Crippen molar-refractivity contribution in [2.24, 2.45) is 11.8 Å². The Morgan fingerprint density at radius 2 is 1.73 bits per heavy atom. The zero-order valence-corrected chi connectivity index (χ0v) is 26.1. The number of benzene rings is 3. The Kier molecular flexibility index (Phi) is 8.28. The van der Waals surface area contributed by atoms with Crippen molar-refractivity contribution in [1.82, 2.24) is 4.90 Å². The van der Waals surface area contributed by atoms with Gasteiger partial charge < -0.3 is 29.6 Å².